The van der Waals surface area contributed by atoms with Crippen molar-refractivity contribution in [1.82, 2.24) is 24.5 Å². The lowest BCUT2D eigenvalue weighted by atomic mass is 9.86. The number of halogens is 3. The van der Waals surface area contributed by atoms with Crippen molar-refractivity contribution in [1.29, 1.82) is 0 Å². The third-order valence-electron chi connectivity index (χ3n) is 5.11. The summed E-state index contributed by atoms with van der Waals surface area (Å²) < 4.78 is 31.1. The molecule has 2 heterocycles. The predicted molar refractivity (Wildman–Crippen MR) is 108 cm³/mol. The summed E-state index contributed by atoms with van der Waals surface area (Å²) in [6, 6.07) is 9.65. The van der Waals surface area contributed by atoms with Gasteiger partial charge in [0.25, 0.3) is 0 Å². The molecule has 4 aromatic rings. The maximum atomic E-state index is 14.7. The lowest BCUT2D eigenvalue weighted by molar-refractivity contribution is -0.0368. The van der Waals surface area contributed by atoms with Crippen molar-refractivity contribution in [3.63, 3.8) is 0 Å². The summed E-state index contributed by atoms with van der Waals surface area (Å²) >= 11 is 6.07. The molecule has 30 heavy (non-hydrogen) atoms. The zero-order valence-electron chi connectivity index (χ0n) is 16.0. The highest BCUT2D eigenvalue weighted by atomic mass is 35.5. The van der Waals surface area contributed by atoms with Gasteiger partial charge >= 0.3 is 0 Å². The number of aliphatic hydroxyl groups is 1. The quantitative estimate of drug-likeness (QED) is 0.498. The van der Waals surface area contributed by atoms with E-state index in [1.54, 1.807) is 31.5 Å². The Balaban J connectivity index is 1.75. The molecule has 0 amide bonds. The zero-order chi connectivity index (χ0) is 21.3. The van der Waals surface area contributed by atoms with Gasteiger partial charge in [-0.05, 0) is 30.7 Å². The Labute approximate surface area is 176 Å². The van der Waals surface area contributed by atoms with Crippen LogP contribution in [0, 0.1) is 11.6 Å². The first kappa shape index (κ1) is 20.2. The number of aromatic nitrogens is 5. The Morgan fingerprint density at radius 3 is 2.67 bits per heavy atom. The van der Waals surface area contributed by atoms with E-state index in [0.29, 0.717) is 5.02 Å². The number of hydrogen-bond acceptors (Lipinski definition) is 4. The number of hydrogen-bond donors (Lipinski definition) is 1. The minimum absolute atomic E-state index is 0.0632. The Morgan fingerprint density at radius 1 is 1.13 bits per heavy atom. The normalized spacial score (nSPS) is 14.4. The van der Waals surface area contributed by atoms with E-state index in [2.05, 4.69) is 15.2 Å². The first-order valence-corrected chi connectivity index (χ1v) is 9.55. The van der Waals surface area contributed by atoms with Crippen LogP contribution in [0.4, 0.5) is 8.78 Å². The molecule has 0 aliphatic carbocycles. The lowest BCUT2D eigenvalue weighted by Gasteiger charge is -2.34. The molecule has 0 unspecified atom stereocenters. The third-order valence-corrected chi connectivity index (χ3v) is 5.35. The fourth-order valence-electron chi connectivity index (χ4n) is 3.43. The Hall–Kier alpha value is -3.10. The molecule has 0 aliphatic rings. The van der Waals surface area contributed by atoms with Crippen molar-refractivity contribution in [2.24, 2.45) is 0 Å². The van der Waals surface area contributed by atoms with E-state index in [1.165, 1.54) is 28.1 Å². The Bertz CT molecular complexity index is 1160. The highest BCUT2D eigenvalue weighted by molar-refractivity contribution is 6.30. The van der Waals surface area contributed by atoms with Crippen LogP contribution in [0.3, 0.4) is 0 Å². The smallest absolute Gasteiger partial charge is 0.137 e. The molecule has 154 valence electrons. The molecular weight excluding hydrogens is 412 g/mol. The van der Waals surface area contributed by atoms with Crippen LogP contribution < -0.4 is 0 Å². The molecule has 2 aromatic heterocycles. The van der Waals surface area contributed by atoms with Gasteiger partial charge in [-0.15, -0.1) is 0 Å². The third kappa shape index (κ3) is 3.83. The van der Waals surface area contributed by atoms with E-state index in [1.807, 2.05) is 12.1 Å². The maximum absolute atomic E-state index is 14.7. The molecular formula is C21H18ClF2N5O. The molecule has 0 bridgehead atoms. The van der Waals surface area contributed by atoms with Crippen molar-refractivity contribution >= 4 is 11.6 Å². The van der Waals surface area contributed by atoms with E-state index in [4.69, 9.17) is 11.6 Å². The topological polar surface area (TPSA) is 68.8 Å². The summed E-state index contributed by atoms with van der Waals surface area (Å²) in [6.45, 7) is 1.59. The van der Waals surface area contributed by atoms with Crippen molar-refractivity contribution in [3.05, 3.63) is 89.7 Å². The molecule has 0 saturated carbocycles. The summed E-state index contributed by atoms with van der Waals surface area (Å²) in [6.07, 6.45) is 6.11. The largest absolute Gasteiger partial charge is 0.381 e. The molecule has 2 aromatic carbocycles. The van der Waals surface area contributed by atoms with Gasteiger partial charge in [0.15, 0.2) is 0 Å². The lowest BCUT2D eigenvalue weighted by Crippen LogP contribution is -2.40. The average Bonchev–Trinajstić information content (AvgIpc) is 3.39. The second-order valence-corrected chi connectivity index (χ2v) is 7.47. The van der Waals surface area contributed by atoms with E-state index >= 15 is 0 Å². The zero-order valence-corrected chi connectivity index (χ0v) is 16.7. The fourth-order valence-corrected chi connectivity index (χ4v) is 3.62. The molecule has 9 heteroatoms. The van der Waals surface area contributed by atoms with Gasteiger partial charge in [0.1, 0.15) is 29.9 Å². The average molecular weight is 430 g/mol. The van der Waals surface area contributed by atoms with Crippen LogP contribution >= 0.6 is 11.6 Å². The first-order valence-electron chi connectivity index (χ1n) is 9.17. The second kappa shape index (κ2) is 7.97. The summed E-state index contributed by atoms with van der Waals surface area (Å²) in [7, 11) is 0. The highest BCUT2D eigenvalue weighted by Crippen LogP contribution is 2.37. The maximum Gasteiger partial charge on any atom is 0.137 e. The van der Waals surface area contributed by atoms with E-state index in [0.717, 1.165) is 23.3 Å². The van der Waals surface area contributed by atoms with Crippen LogP contribution in [-0.4, -0.2) is 29.7 Å². The van der Waals surface area contributed by atoms with Gasteiger partial charge in [-0.25, -0.2) is 18.4 Å². The molecule has 0 saturated heterocycles. The van der Waals surface area contributed by atoms with E-state index < -0.39 is 23.3 Å². The van der Waals surface area contributed by atoms with Gasteiger partial charge in [0.05, 0.1) is 18.8 Å². The summed E-state index contributed by atoms with van der Waals surface area (Å²) in [5.41, 5.74) is -0.212. The van der Waals surface area contributed by atoms with Crippen molar-refractivity contribution in [3.8, 4) is 11.1 Å². The number of benzene rings is 2. The minimum Gasteiger partial charge on any atom is -0.381 e. The van der Waals surface area contributed by atoms with E-state index in [9.17, 15) is 13.9 Å². The first-order chi connectivity index (χ1) is 14.4. The number of nitrogens with zero attached hydrogens (tertiary/aromatic N) is 5. The minimum atomic E-state index is -1.79. The summed E-state index contributed by atoms with van der Waals surface area (Å²) in [4.78, 5) is 3.87. The SMILES string of the molecule is C[C@@H](n1cc(-c2cccc(Cl)c2)cn1)[C@](O)(Cn1cncn1)c1ccc(F)cc1F. The molecule has 0 fully saturated rings. The van der Waals surface area contributed by atoms with Crippen molar-refractivity contribution in [2.75, 3.05) is 0 Å². The summed E-state index contributed by atoms with van der Waals surface area (Å²) in [5.74, 6) is -1.58. The molecule has 6 nitrogen and oxygen atoms in total. The van der Waals surface area contributed by atoms with E-state index in [-0.39, 0.29) is 12.1 Å². The molecule has 2 atom stereocenters. The standard InChI is InChI=1S/C21H18ClF2N5O/c1-14(29-10-16(9-26-29)15-3-2-4-17(22)7-15)21(30,11-28-13-25-12-27-28)19-6-5-18(23)8-20(19)24/h2-10,12-14,30H,11H2,1H3/t14-,21-/m1/s1. The molecule has 0 radical (unpaired) electrons. The van der Waals surface area contributed by atoms with Gasteiger partial charge < -0.3 is 5.11 Å². The predicted octanol–water partition coefficient (Wildman–Crippen LogP) is 4.22. The Kier molecular flexibility index (Phi) is 5.36. The van der Waals surface area contributed by atoms with Crippen molar-refractivity contribution < 1.29 is 13.9 Å². The van der Waals surface area contributed by atoms with Gasteiger partial charge in [-0.2, -0.15) is 10.2 Å². The van der Waals surface area contributed by atoms with Gasteiger partial charge in [-0.3, -0.25) is 4.68 Å². The van der Waals surface area contributed by atoms with Crippen LogP contribution in [-0.2, 0) is 12.1 Å². The van der Waals surface area contributed by atoms with Crippen LogP contribution in [0.25, 0.3) is 11.1 Å². The van der Waals surface area contributed by atoms with Gasteiger partial charge in [-0.1, -0.05) is 29.8 Å². The monoisotopic (exact) mass is 429 g/mol. The van der Waals surface area contributed by atoms with Crippen LogP contribution in [0.1, 0.15) is 18.5 Å². The Morgan fingerprint density at radius 2 is 1.97 bits per heavy atom. The molecule has 0 spiro atoms. The highest BCUT2D eigenvalue weighted by Gasteiger charge is 2.40. The van der Waals surface area contributed by atoms with Crippen LogP contribution in [0.5, 0.6) is 0 Å². The molecule has 4 rings (SSSR count). The molecule has 0 aliphatic heterocycles. The fraction of sp³-hybridized carbons (Fsp3) is 0.190. The van der Waals surface area contributed by atoms with Crippen LogP contribution in [0.15, 0.2) is 67.5 Å². The number of rotatable bonds is 6. The second-order valence-electron chi connectivity index (χ2n) is 7.04. The molecule has 1 N–H and O–H groups in total. The van der Waals surface area contributed by atoms with Gasteiger partial charge in [0.2, 0.25) is 0 Å². The van der Waals surface area contributed by atoms with Gasteiger partial charge in [0, 0.05) is 28.4 Å². The summed E-state index contributed by atoms with van der Waals surface area (Å²) in [5, 5.41) is 20.6. The van der Waals surface area contributed by atoms with Crippen molar-refractivity contribution in [2.45, 2.75) is 25.1 Å². The van der Waals surface area contributed by atoms with Crippen LogP contribution in [0.2, 0.25) is 5.02 Å².